The maximum absolute atomic E-state index is 12.9. The van der Waals surface area contributed by atoms with Crippen molar-refractivity contribution in [1.29, 1.82) is 0 Å². The number of oxime groups is 1. The van der Waals surface area contributed by atoms with E-state index >= 15 is 0 Å². The van der Waals surface area contributed by atoms with Crippen molar-refractivity contribution in [2.45, 2.75) is 10.8 Å². The molecule has 0 spiro atoms. The van der Waals surface area contributed by atoms with Crippen molar-refractivity contribution >= 4 is 70.3 Å². The number of carbonyl (C=O) groups excluding carboxylic acids is 1. The fourth-order valence-electron chi connectivity index (χ4n) is 1.23. The zero-order valence-electron chi connectivity index (χ0n) is 10.2. The number of amides is 1. The van der Waals surface area contributed by atoms with Crippen LogP contribution in [0.5, 0.6) is 0 Å². The topological polar surface area (TPSA) is 41.9 Å². The standard InChI is InChI=1S/C9H12Cl3FN2O2S2/c1-8(4-10)5-18-3-6(8)14-17-7(16)15(2)19-9(11,12)13/h3-5H2,1-2H3. The number of hydrogen-bond acceptors (Lipinski definition) is 5. The first kappa shape index (κ1) is 17.5. The van der Waals surface area contributed by atoms with Gasteiger partial charge in [0.1, 0.15) is 0 Å². The lowest BCUT2D eigenvalue weighted by molar-refractivity contribution is 0.135. The first-order chi connectivity index (χ1) is 8.68. The maximum atomic E-state index is 12.9. The molecule has 0 bridgehead atoms. The SMILES string of the molecule is CN(SC(F)(Cl)Cl)C(=O)ON=C1CSCC1(C)CCl. The molecule has 0 aromatic rings. The van der Waals surface area contributed by atoms with Gasteiger partial charge in [0.2, 0.25) is 0 Å². The molecule has 4 nitrogen and oxygen atoms in total. The summed E-state index contributed by atoms with van der Waals surface area (Å²) in [5.74, 6) is 1.85. The molecule has 0 radical (unpaired) electrons. The minimum Gasteiger partial charge on any atom is -0.297 e. The zero-order chi connectivity index (χ0) is 14.7. The summed E-state index contributed by atoms with van der Waals surface area (Å²) in [5.41, 5.74) is 0.406. The summed E-state index contributed by atoms with van der Waals surface area (Å²) in [4.78, 5) is 16.3. The number of carbonyl (C=O) groups is 1. The molecule has 10 heteroatoms. The predicted molar refractivity (Wildman–Crippen MR) is 81.0 cm³/mol. The van der Waals surface area contributed by atoms with Crippen LogP contribution in [0.3, 0.4) is 0 Å². The Bertz CT molecular complexity index is 381. The van der Waals surface area contributed by atoms with Crippen LogP contribution in [-0.4, -0.2) is 44.5 Å². The predicted octanol–water partition coefficient (Wildman–Crippen LogP) is 4.11. The first-order valence-corrected chi connectivity index (χ1v) is 8.31. The molecule has 1 amide bonds. The van der Waals surface area contributed by atoms with Crippen LogP contribution < -0.4 is 0 Å². The molecule has 0 saturated carbocycles. The van der Waals surface area contributed by atoms with E-state index in [9.17, 15) is 9.18 Å². The highest BCUT2D eigenvalue weighted by molar-refractivity contribution is 8.01. The number of alkyl halides is 4. The molecular weight excluding hydrogens is 358 g/mol. The quantitative estimate of drug-likeness (QED) is 0.324. The van der Waals surface area contributed by atoms with Gasteiger partial charge in [0.25, 0.3) is 0 Å². The molecule has 1 saturated heterocycles. The van der Waals surface area contributed by atoms with Gasteiger partial charge in [-0.15, -0.1) is 11.6 Å². The molecular formula is C9H12Cl3FN2O2S2. The summed E-state index contributed by atoms with van der Waals surface area (Å²) < 4.78 is 11.1. The van der Waals surface area contributed by atoms with E-state index < -0.39 is 10.0 Å². The second-order valence-electron chi connectivity index (χ2n) is 4.12. The second-order valence-corrected chi connectivity index (χ2v) is 8.35. The maximum Gasteiger partial charge on any atom is 0.445 e. The summed E-state index contributed by atoms with van der Waals surface area (Å²) in [5, 5.41) is 3.80. The summed E-state index contributed by atoms with van der Waals surface area (Å²) in [6.07, 6.45) is -0.866. The molecule has 0 aromatic carbocycles. The summed E-state index contributed by atoms with van der Waals surface area (Å²) in [6, 6.07) is 0. The normalized spacial score (nSPS) is 25.7. The minimum absolute atomic E-state index is 0.275. The van der Waals surface area contributed by atoms with E-state index in [2.05, 4.69) is 5.16 Å². The molecule has 0 aliphatic carbocycles. The lowest BCUT2D eigenvalue weighted by Crippen LogP contribution is -2.29. The van der Waals surface area contributed by atoms with Crippen molar-refractivity contribution in [1.82, 2.24) is 4.31 Å². The Morgan fingerprint density at radius 1 is 1.74 bits per heavy atom. The molecule has 0 N–H and O–H groups in total. The van der Waals surface area contributed by atoms with Gasteiger partial charge in [-0.05, 0) is 0 Å². The van der Waals surface area contributed by atoms with Crippen LogP contribution in [0.2, 0.25) is 0 Å². The Labute approximate surface area is 134 Å². The van der Waals surface area contributed by atoms with Gasteiger partial charge in [0, 0.05) is 41.8 Å². The van der Waals surface area contributed by atoms with Gasteiger partial charge in [-0.2, -0.15) is 16.2 Å². The Kier molecular flexibility index (Phi) is 6.38. The van der Waals surface area contributed by atoms with Gasteiger partial charge in [-0.25, -0.2) is 9.10 Å². The Morgan fingerprint density at radius 2 is 2.37 bits per heavy atom. The summed E-state index contributed by atoms with van der Waals surface area (Å²) >= 11 is 18.1. The van der Waals surface area contributed by atoms with E-state index in [0.717, 1.165) is 10.1 Å². The van der Waals surface area contributed by atoms with Crippen molar-refractivity contribution in [3.8, 4) is 0 Å². The average Bonchev–Trinajstić information content (AvgIpc) is 2.66. The van der Waals surface area contributed by atoms with Crippen LogP contribution in [0.4, 0.5) is 9.18 Å². The fourth-order valence-corrected chi connectivity index (χ4v) is 4.04. The van der Waals surface area contributed by atoms with Crippen LogP contribution in [0.1, 0.15) is 6.92 Å². The van der Waals surface area contributed by atoms with Crippen LogP contribution in [0, 0.1) is 5.41 Å². The van der Waals surface area contributed by atoms with Gasteiger partial charge in [-0.1, -0.05) is 35.3 Å². The molecule has 0 aromatic heterocycles. The second kappa shape index (κ2) is 6.93. The van der Waals surface area contributed by atoms with E-state index in [1.54, 1.807) is 11.8 Å². The van der Waals surface area contributed by atoms with Crippen molar-refractivity contribution in [2.24, 2.45) is 10.6 Å². The van der Waals surface area contributed by atoms with Gasteiger partial charge < -0.3 is 0 Å². The van der Waals surface area contributed by atoms with Crippen molar-refractivity contribution in [2.75, 3.05) is 24.4 Å². The van der Waals surface area contributed by atoms with E-state index in [1.807, 2.05) is 6.92 Å². The lowest BCUT2D eigenvalue weighted by atomic mass is 9.91. The Balaban J connectivity index is 2.58. The lowest BCUT2D eigenvalue weighted by Gasteiger charge is -2.20. The number of rotatable bonds is 4. The van der Waals surface area contributed by atoms with Gasteiger partial charge in [0.15, 0.2) is 0 Å². The van der Waals surface area contributed by atoms with Gasteiger partial charge in [0.05, 0.1) is 5.71 Å². The summed E-state index contributed by atoms with van der Waals surface area (Å²) in [7, 11) is 1.27. The molecule has 1 aliphatic rings. The Morgan fingerprint density at radius 3 is 2.89 bits per heavy atom. The number of thioether (sulfide) groups is 1. The molecule has 1 fully saturated rings. The van der Waals surface area contributed by atoms with E-state index in [-0.39, 0.29) is 17.4 Å². The molecule has 1 aliphatic heterocycles. The van der Waals surface area contributed by atoms with Gasteiger partial charge >= 0.3 is 10.0 Å². The minimum atomic E-state index is -2.60. The molecule has 1 rings (SSSR count). The molecule has 110 valence electrons. The van der Waals surface area contributed by atoms with Crippen molar-refractivity contribution in [3.05, 3.63) is 0 Å². The number of halogens is 4. The molecule has 1 atom stereocenters. The van der Waals surface area contributed by atoms with E-state index in [0.29, 0.717) is 17.3 Å². The largest absolute Gasteiger partial charge is 0.445 e. The monoisotopic (exact) mass is 368 g/mol. The number of hydrogen-bond donors (Lipinski definition) is 0. The van der Waals surface area contributed by atoms with Crippen molar-refractivity contribution < 1.29 is 14.0 Å². The van der Waals surface area contributed by atoms with Crippen LogP contribution >= 0.6 is 58.5 Å². The fraction of sp³-hybridized carbons (Fsp3) is 0.778. The molecule has 19 heavy (non-hydrogen) atoms. The molecule has 1 unspecified atom stereocenters. The third-order valence-electron chi connectivity index (χ3n) is 2.38. The van der Waals surface area contributed by atoms with Crippen molar-refractivity contribution in [3.63, 3.8) is 0 Å². The smallest absolute Gasteiger partial charge is 0.297 e. The average molecular weight is 370 g/mol. The number of nitrogens with zero attached hydrogens (tertiary/aromatic N) is 2. The van der Waals surface area contributed by atoms with Gasteiger partial charge in [-0.3, -0.25) is 4.84 Å². The Hall–Kier alpha value is 0.440. The van der Waals surface area contributed by atoms with E-state index in [4.69, 9.17) is 39.6 Å². The third kappa shape index (κ3) is 5.38. The first-order valence-electron chi connectivity index (χ1n) is 5.09. The zero-order valence-corrected chi connectivity index (χ0v) is 14.1. The van der Waals surface area contributed by atoms with Crippen LogP contribution in [0.15, 0.2) is 5.16 Å². The van der Waals surface area contributed by atoms with Crippen LogP contribution in [0.25, 0.3) is 0 Å². The third-order valence-corrected chi connectivity index (χ3v) is 5.34. The highest BCUT2D eigenvalue weighted by Gasteiger charge is 2.36. The van der Waals surface area contributed by atoms with Crippen LogP contribution in [-0.2, 0) is 4.84 Å². The highest BCUT2D eigenvalue weighted by atomic mass is 35.5. The highest BCUT2D eigenvalue weighted by Crippen LogP contribution is 2.38. The van der Waals surface area contributed by atoms with E-state index in [1.165, 1.54) is 7.05 Å². The summed E-state index contributed by atoms with van der Waals surface area (Å²) in [6.45, 7) is 1.94. The molecule has 1 heterocycles.